The van der Waals surface area contributed by atoms with Crippen LogP contribution in [0.5, 0.6) is 0 Å². The minimum Gasteiger partial charge on any atom is -0.467 e. The lowest BCUT2D eigenvalue weighted by Crippen LogP contribution is -2.24. The van der Waals surface area contributed by atoms with Crippen molar-refractivity contribution in [2.75, 3.05) is 0 Å². The van der Waals surface area contributed by atoms with Gasteiger partial charge in [-0.05, 0) is 46.7 Å². The van der Waals surface area contributed by atoms with Gasteiger partial charge in [0.1, 0.15) is 5.76 Å². The Labute approximate surface area is 168 Å². The summed E-state index contributed by atoms with van der Waals surface area (Å²) in [6, 6.07) is 24.3. The molecule has 0 atom stereocenters. The van der Waals surface area contributed by atoms with E-state index in [2.05, 4.69) is 10.6 Å². The van der Waals surface area contributed by atoms with Crippen LogP contribution >= 0.6 is 0 Å². The van der Waals surface area contributed by atoms with E-state index in [1.807, 2.05) is 48.5 Å². The fraction of sp³-hybridized carbons (Fsp3) is 0.0833. The molecule has 0 unspecified atom stereocenters. The second-order valence-corrected chi connectivity index (χ2v) is 6.67. The van der Waals surface area contributed by atoms with Crippen LogP contribution in [-0.4, -0.2) is 11.8 Å². The van der Waals surface area contributed by atoms with Crippen LogP contribution in [0.4, 0.5) is 0 Å². The number of carbonyl (C=O) groups is 2. The summed E-state index contributed by atoms with van der Waals surface area (Å²) in [5.74, 6) is 0.356. The Morgan fingerprint density at radius 1 is 0.759 bits per heavy atom. The van der Waals surface area contributed by atoms with E-state index in [4.69, 9.17) is 4.42 Å². The van der Waals surface area contributed by atoms with Crippen molar-refractivity contribution in [3.8, 4) is 0 Å². The van der Waals surface area contributed by atoms with Gasteiger partial charge in [-0.3, -0.25) is 9.59 Å². The van der Waals surface area contributed by atoms with Crippen LogP contribution < -0.4 is 10.6 Å². The van der Waals surface area contributed by atoms with E-state index in [0.717, 1.165) is 16.3 Å². The molecule has 0 spiro atoms. The highest BCUT2D eigenvalue weighted by Gasteiger charge is 2.11. The van der Waals surface area contributed by atoms with Crippen LogP contribution in [0.15, 0.2) is 89.5 Å². The quantitative estimate of drug-likeness (QED) is 0.521. The maximum atomic E-state index is 12.7. The molecule has 29 heavy (non-hydrogen) atoms. The van der Waals surface area contributed by atoms with Gasteiger partial charge in [-0.1, -0.05) is 48.5 Å². The van der Waals surface area contributed by atoms with Gasteiger partial charge in [0.2, 0.25) is 0 Å². The third-order valence-electron chi connectivity index (χ3n) is 4.68. The summed E-state index contributed by atoms with van der Waals surface area (Å²) in [5, 5.41) is 7.70. The highest BCUT2D eigenvalue weighted by Crippen LogP contribution is 2.18. The van der Waals surface area contributed by atoms with Gasteiger partial charge in [0.15, 0.2) is 0 Å². The fourth-order valence-corrected chi connectivity index (χ4v) is 3.21. The van der Waals surface area contributed by atoms with Gasteiger partial charge < -0.3 is 15.1 Å². The third kappa shape index (κ3) is 4.35. The van der Waals surface area contributed by atoms with Crippen molar-refractivity contribution in [1.82, 2.24) is 10.6 Å². The predicted octanol–water partition coefficient (Wildman–Crippen LogP) is 4.29. The molecular weight excluding hydrogens is 364 g/mol. The molecular formula is C24H20N2O3. The maximum Gasteiger partial charge on any atom is 0.252 e. The number of amides is 2. The molecule has 4 aromatic rings. The molecule has 1 aromatic heterocycles. The molecule has 0 aliphatic heterocycles. The van der Waals surface area contributed by atoms with Gasteiger partial charge in [0, 0.05) is 17.7 Å². The van der Waals surface area contributed by atoms with E-state index in [-0.39, 0.29) is 11.8 Å². The second kappa shape index (κ2) is 8.44. The van der Waals surface area contributed by atoms with Crippen molar-refractivity contribution in [3.63, 3.8) is 0 Å². The SMILES string of the molecule is O=C(NCc1ccco1)c1cccc(CNC(=O)c2cccc3ccccc23)c1. The molecule has 4 rings (SSSR count). The van der Waals surface area contributed by atoms with Crippen LogP contribution in [-0.2, 0) is 13.1 Å². The first kappa shape index (κ1) is 18.5. The summed E-state index contributed by atoms with van der Waals surface area (Å²) < 4.78 is 5.22. The van der Waals surface area contributed by atoms with E-state index in [1.54, 1.807) is 36.6 Å². The minimum absolute atomic E-state index is 0.144. The first-order valence-corrected chi connectivity index (χ1v) is 9.36. The number of hydrogen-bond donors (Lipinski definition) is 2. The number of furan rings is 1. The Morgan fingerprint density at radius 3 is 2.41 bits per heavy atom. The number of fused-ring (bicyclic) bond motifs is 1. The molecule has 2 amide bonds. The maximum absolute atomic E-state index is 12.7. The summed E-state index contributed by atoms with van der Waals surface area (Å²) in [6.45, 7) is 0.662. The first-order valence-electron chi connectivity index (χ1n) is 9.36. The average molecular weight is 384 g/mol. The van der Waals surface area contributed by atoms with Crippen LogP contribution in [0.3, 0.4) is 0 Å². The summed E-state index contributed by atoms with van der Waals surface area (Å²) in [7, 11) is 0. The van der Waals surface area contributed by atoms with E-state index < -0.39 is 0 Å². The minimum atomic E-state index is -0.191. The van der Waals surface area contributed by atoms with Crippen LogP contribution in [0.25, 0.3) is 10.8 Å². The third-order valence-corrected chi connectivity index (χ3v) is 4.68. The Kier molecular flexibility index (Phi) is 5.38. The lowest BCUT2D eigenvalue weighted by atomic mass is 10.0. The molecule has 1 heterocycles. The van der Waals surface area contributed by atoms with Crippen LogP contribution in [0.2, 0.25) is 0 Å². The van der Waals surface area contributed by atoms with Gasteiger partial charge in [-0.2, -0.15) is 0 Å². The van der Waals surface area contributed by atoms with Crippen molar-refractivity contribution in [1.29, 1.82) is 0 Å². The Hall–Kier alpha value is -3.86. The van der Waals surface area contributed by atoms with Gasteiger partial charge in [0.05, 0.1) is 12.8 Å². The Balaban J connectivity index is 1.41. The number of benzene rings is 3. The predicted molar refractivity (Wildman–Crippen MR) is 111 cm³/mol. The molecule has 0 radical (unpaired) electrons. The van der Waals surface area contributed by atoms with Gasteiger partial charge >= 0.3 is 0 Å². The van der Waals surface area contributed by atoms with Gasteiger partial charge in [-0.25, -0.2) is 0 Å². The van der Waals surface area contributed by atoms with Crippen molar-refractivity contribution in [2.45, 2.75) is 13.1 Å². The fourth-order valence-electron chi connectivity index (χ4n) is 3.21. The Bertz CT molecular complexity index is 1140. The van der Waals surface area contributed by atoms with Gasteiger partial charge in [-0.15, -0.1) is 0 Å². The molecule has 0 bridgehead atoms. The molecule has 0 aliphatic rings. The largest absolute Gasteiger partial charge is 0.467 e. The normalized spacial score (nSPS) is 10.6. The molecule has 0 aliphatic carbocycles. The van der Waals surface area contributed by atoms with Crippen molar-refractivity contribution < 1.29 is 14.0 Å². The first-order chi connectivity index (χ1) is 14.2. The zero-order valence-corrected chi connectivity index (χ0v) is 15.7. The molecule has 5 nitrogen and oxygen atoms in total. The Morgan fingerprint density at radius 2 is 1.55 bits per heavy atom. The molecule has 0 saturated carbocycles. The topological polar surface area (TPSA) is 71.3 Å². The summed E-state index contributed by atoms with van der Waals surface area (Å²) in [6.07, 6.45) is 1.57. The monoisotopic (exact) mass is 384 g/mol. The summed E-state index contributed by atoms with van der Waals surface area (Å²) >= 11 is 0. The van der Waals surface area contributed by atoms with E-state index >= 15 is 0 Å². The second-order valence-electron chi connectivity index (χ2n) is 6.67. The lowest BCUT2D eigenvalue weighted by Gasteiger charge is -2.09. The highest BCUT2D eigenvalue weighted by molar-refractivity contribution is 6.07. The zero-order chi connectivity index (χ0) is 20.1. The zero-order valence-electron chi connectivity index (χ0n) is 15.7. The molecule has 2 N–H and O–H groups in total. The molecule has 0 fully saturated rings. The van der Waals surface area contributed by atoms with E-state index in [9.17, 15) is 9.59 Å². The van der Waals surface area contributed by atoms with E-state index in [1.165, 1.54) is 0 Å². The van der Waals surface area contributed by atoms with Crippen LogP contribution in [0, 0.1) is 0 Å². The molecule has 144 valence electrons. The van der Waals surface area contributed by atoms with Gasteiger partial charge in [0.25, 0.3) is 11.8 Å². The number of hydrogen-bond acceptors (Lipinski definition) is 3. The summed E-state index contributed by atoms with van der Waals surface area (Å²) in [4.78, 5) is 25.0. The van der Waals surface area contributed by atoms with Crippen LogP contribution in [0.1, 0.15) is 32.0 Å². The number of carbonyl (C=O) groups excluding carboxylic acids is 2. The number of nitrogens with one attached hydrogen (secondary N) is 2. The standard InChI is InChI=1S/C24H20N2O3/c27-23(26-16-20-10-5-13-29-20)19-9-3-6-17(14-19)15-25-24(28)22-12-4-8-18-7-1-2-11-21(18)22/h1-14H,15-16H2,(H,25,28)(H,26,27). The smallest absolute Gasteiger partial charge is 0.252 e. The average Bonchev–Trinajstić information content (AvgIpc) is 3.29. The summed E-state index contributed by atoms with van der Waals surface area (Å²) in [5.41, 5.74) is 2.02. The van der Waals surface area contributed by atoms with Crippen molar-refractivity contribution >= 4 is 22.6 Å². The highest BCUT2D eigenvalue weighted by atomic mass is 16.3. The molecule has 5 heteroatoms. The number of rotatable bonds is 6. The van der Waals surface area contributed by atoms with Crippen molar-refractivity contribution in [2.24, 2.45) is 0 Å². The lowest BCUT2D eigenvalue weighted by molar-refractivity contribution is 0.0944. The van der Waals surface area contributed by atoms with Crippen molar-refractivity contribution in [3.05, 3.63) is 108 Å². The van der Waals surface area contributed by atoms with E-state index in [0.29, 0.717) is 30.0 Å². The molecule has 3 aromatic carbocycles. The molecule has 0 saturated heterocycles.